The summed E-state index contributed by atoms with van der Waals surface area (Å²) in [6.07, 6.45) is 2.50. The largest absolute Gasteiger partial charge is 0.431 e. The van der Waals surface area contributed by atoms with Gasteiger partial charge in [0.2, 0.25) is 0 Å². The molecule has 3 atom stereocenters. The summed E-state index contributed by atoms with van der Waals surface area (Å²) >= 11 is 1.80. The molecule has 0 saturated heterocycles. The lowest BCUT2D eigenvalue weighted by Gasteiger charge is -2.19. The fourth-order valence-electron chi connectivity index (χ4n) is 2.88. The lowest BCUT2D eigenvalue weighted by Crippen LogP contribution is -2.32. The maximum Gasteiger partial charge on any atom is 0.257 e. The zero-order valence-corrected chi connectivity index (χ0v) is 12.2. The standard InChI is InChI=1S/C15H20N2OS/c1-3-16-11-8-9-14(10(11)2)19-15-17-12-6-4-5-7-13(12)18-15/h4-7,10-11,14,16H,3,8-9H2,1-2H3. The Hall–Kier alpha value is -1.00. The Bertz CT molecular complexity index is 521. The molecule has 1 saturated carbocycles. The molecule has 1 aliphatic rings. The SMILES string of the molecule is CCNC1CCC(Sc2nc3ccccc3o2)C1C. The van der Waals surface area contributed by atoms with Crippen LogP contribution in [0.5, 0.6) is 0 Å². The lowest BCUT2D eigenvalue weighted by atomic mass is 10.1. The van der Waals surface area contributed by atoms with Gasteiger partial charge in [0.25, 0.3) is 5.22 Å². The Kier molecular flexibility index (Phi) is 3.80. The molecule has 2 aromatic rings. The number of hydrogen-bond acceptors (Lipinski definition) is 4. The second-order valence-corrected chi connectivity index (χ2v) is 6.39. The zero-order chi connectivity index (χ0) is 13.2. The van der Waals surface area contributed by atoms with Crippen LogP contribution in [0.25, 0.3) is 11.1 Å². The van der Waals surface area contributed by atoms with Gasteiger partial charge in [0.15, 0.2) is 5.58 Å². The van der Waals surface area contributed by atoms with Gasteiger partial charge in [0.1, 0.15) is 5.52 Å². The summed E-state index contributed by atoms with van der Waals surface area (Å²) < 4.78 is 5.80. The van der Waals surface area contributed by atoms with Crippen molar-refractivity contribution in [2.45, 2.75) is 43.2 Å². The van der Waals surface area contributed by atoms with Crippen LogP contribution in [-0.2, 0) is 0 Å². The molecule has 1 N–H and O–H groups in total. The van der Waals surface area contributed by atoms with Crippen molar-refractivity contribution in [3.63, 3.8) is 0 Å². The van der Waals surface area contributed by atoms with Crippen molar-refractivity contribution in [3.8, 4) is 0 Å². The quantitative estimate of drug-likeness (QED) is 0.924. The maximum atomic E-state index is 5.80. The number of para-hydroxylation sites is 2. The van der Waals surface area contributed by atoms with E-state index in [1.165, 1.54) is 12.8 Å². The van der Waals surface area contributed by atoms with Gasteiger partial charge in [-0.3, -0.25) is 0 Å². The minimum absolute atomic E-state index is 0.608. The molecule has 0 radical (unpaired) electrons. The third kappa shape index (κ3) is 2.65. The Labute approximate surface area is 118 Å². The van der Waals surface area contributed by atoms with Crippen molar-refractivity contribution in [1.82, 2.24) is 10.3 Å². The summed E-state index contributed by atoms with van der Waals surface area (Å²) in [5.74, 6) is 0.667. The van der Waals surface area contributed by atoms with Crippen LogP contribution in [-0.4, -0.2) is 22.8 Å². The first kappa shape index (κ1) is 13.0. The van der Waals surface area contributed by atoms with E-state index in [0.717, 1.165) is 22.9 Å². The third-order valence-electron chi connectivity index (χ3n) is 3.98. The molecule has 19 heavy (non-hydrogen) atoms. The second kappa shape index (κ2) is 5.55. The first-order valence-electron chi connectivity index (χ1n) is 7.03. The zero-order valence-electron chi connectivity index (χ0n) is 11.4. The summed E-state index contributed by atoms with van der Waals surface area (Å²) in [5, 5.41) is 5.00. The molecule has 3 unspecified atom stereocenters. The van der Waals surface area contributed by atoms with E-state index >= 15 is 0 Å². The average Bonchev–Trinajstić information content (AvgIpc) is 2.96. The van der Waals surface area contributed by atoms with Gasteiger partial charge in [0.05, 0.1) is 0 Å². The van der Waals surface area contributed by atoms with Crippen LogP contribution in [0.3, 0.4) is 0 Å². The minimum atomic E-state index is 0.608. The van der Waals surface area contributed by atoms with Crippen molar-refractivity contribution in [2.75, 3.05) is 6.54 Å². The van der Waals surface area contributed by atoms with E-state index in [2.05, 4.69) is 24.1 Å². The summed E-state index contributed by atoms with van der Waals surface area (Å²) in [5.41, 5.74) is 1.85. The van der Waals surface area contributed by atoms with Crippen LogP contribution < -0.4 is 5.32 Å². The molecule has 0 spiro atoms. The van der Waals surface area contributed by atoms with Gasteiger partial charge < -0.3 is 9.73 Å². The Morgan fingerprint density at radius 1 is 1.37 bits per heavy atom. The van der Waals surface area contributed by atoms with E-state index in [1.54, 1.807) is 11.8 Å². The number of thioether (sulfide) groups is 1. The van der Waals surface area contributed by atoms with E-state index in [9.17, 15) is 0 Å². The van der Waals surface area contributed by atoms with Crippen LogP contribution in [0.1, 0.15) is 26.7 Å². The highest BCUT2D eigenvalue weighted by Crippen LogP contribution is 2.39. The average molecular weight is 276 g/mol. The van der Waals surface area contributed by atoms with Crippen molar-refractivity contribution < 1.29 is 4.42 Å². The molecule has 1 aliphatic carbocycles. The number of nitrogens with one attached hydrogen (secondary N) is 1. The highest BCUT2D eigenvalue weighted by atomic mass is 32.2. The number of rotatable bonds is 4. The number of oxazole rings is 1. The third-order valence-corrected chi connectivity index (χ3v) is 5.32. The monoisotopic (exact) mass is 276 g/mol. The van der Waals surface area contributed by atoms with Gasteiger partial charge in [0, 0.05) is 11.3 Å². The van der Waals surface area contributed by atoms with Crippen LogP contribution in [0, 0.1) is 5.92 Å². The van der Waals surface area contributed by atoms with Crippen LogP contribution in [0.15, 0.2) is 33.9 Å². The van der Waals surface area contributed by atoms with E-state index in [-0.39, 0.29) is 0 Å². The van der Waals surface area contributed by atoms with Crippen molar-refractivity contribution in [3.05, 3.63) is 24.3 Å². The van der Waals surface area contributed by atoms with Crippen molar-refractivity contribution in [2.24, 2.45) is 5.92 Å². The highest BCUT2D eigenvalue weighted by Gasteiger charge is 2.33. The fraction of sp³-hybridized carbons (Fsp3) is 0.533. The van der Waals surface area contributed by atoms with Crippen molar-refractivity contribution >= 4 is 22.9 Å². The molecule has 3 rings (SSSR count). The molecule has 1 heterocycles. The molecule has 102 valence electrons. The van der Waals surface area contributed by atoms with Gasteiger partial charge in [-0.2, -0.15) is 0 Å². The second-order valence-electron chi connectivity index (χ2n) is 5.20. The molecule has 1 aromatic heterocycles. The van der Waals surface area contributed by atoms with Gasteiger partial charge in [-0.05, 0) is 37.4 Å². The number of aromatic nitrogens is 1. The molecule has 3 nitrogen and oxygen atoms in total. The molecular weight excluding hydrogens is 256 g/mol. The Morgan fingerprint density at radius 3 is 3.00 bits per heavy atom. The first-order chi connectivity index (χ1) is 9.28. The first-order valence-corrected chi connectivity index (χ1v) is 7.91. The molecule has 1 fully saturated rings. The van der Waals surface area contributed by atoms with Gasteiger partial charge >= 0.3 is 0 Å². The molecule has 4 heteroatoms. The lowest BCUT2D eigenvalue weighted by molar-refractivity contribution is 0.438. The van der Waals surface area contributed by atoms with E-state index in [1.807, 2.05) is 24.3 Å². The fourth-order valence-corrected chi connectivity index (χ4v) is 4.08. The van der Waals surface area contributed by atoms with Gasteiger partial charge in [-0.1, -0.05) is 37.7 Å². The molecular formula is C15H20N2OS. The van der Waals surface area contributed by atoms with Crippen molar-refractivity contribution in [1.29, 1.82) is 0 Å². The topological polar surface area (TPSA) is 38.1 Å². The normalized spacial score (nSPS) is 27.2. The van der Waals surface area contributed by atoms with E-state index in [0.29, 0.717) is 17.2 Å². The van der Waals surface area contributed by atoms with E-state index < -0.39 is 0 Å². The summed E-state index contributed by atoms with van der Waals surface area (Å²) in [4.78, 5) is 4.56. The molecule has 0 amide bonds. The van der Waals surface area contributed by atoms with Gasteiger partial charge in [-0.25, -0.2) is 4.98 Å². The van der Waals surface area contributed by atoms with Crippen LogP contribution >= 0.6 is 11.8 Å². The Morgan fingerprint density at radius 2 is 2.21 bits per heavy atom. The molecule has 0 bridgehead atoms. The number of hydrogen-bond donors (Lipinski definition) is 1. The smallest absolute Gasteiger partial charge is 0.257 e. The van der Waals surface area contributed by atoms with Crippen LogP contribution in [0.2, 0.25) is 0 Å². The summed E-state index contributed by atoms with van der Waals surface area (Å²) in [6, 6.07) is 8.61. The highest BCUT2D eigenvalue weighted by molar-refractivity contribution is 7.99. The molecule has 1 aromatic carbocycles. The maximum absolute atomic E-state index is 5.80. The number of fused-ring (bicyclic) bond motifs is 1. The Balaban J connectivity index is 1.71. The summed E-state index contributed by atoms with van der Waals surface area (Å²) in [7, 11) is 0. The molecule has 0 aliphatic heterocycles. The van der Waals surface area contributed by atoms with Gasteiger partial charge in [-0.15, -0.1) is 0 Å². The van der Waals surface area contributed by atoms with E-state index in [4.69, 9.17) is 4.42 Å². The predicted molar refractivity (Wildman–Crippen MR) is 79.5 cm³/mol. The number of nitrogens with zero attached hydrogens (tertiary/aromatic N) is 1. The van der Waals surface area contributed by atoms with Crippen LogP contribution in [0.4, 0.5) is 0 Å². The minimum Gasteiger partial charge on any atom is -0.431 e. The predicted octanol–water partition coefficient (Wildman–Crippen LogP) is 3.70. The summed E-state index contributed by atoms with van der Waals surface area (Å²) in [6.45, 7) is 5.56. The number of benzene rings is 1.